The second-order valence-corrected chi connectivity index (χ2v) is 13.1. The first-order valence-electron chi connectivity index (χ1n) is 12.8. The van der Waals surface area contributed by atoms with Crippen molar-refractivity contribution in [3.8, 4) is 5.75 Å². The van der Waals surface area contributed by atoms with Crippen LogP contribution in [0.2, 0.25) is 0 Å². The minimum atomic E-state index is -3.91. The average Bonchev–Trinajstić information content (AvgIpc) is 3.18. The van der Waals surface area contributed by atoms with Gasteiger partial charge in [-0.2, -0.15) is 4.98 Å². The summed E-state index contributed by atoms with van der Waals surface area (Å²) in [7, 11) is 0. The van der Waals surface area contributed by atoms with Gasteiger partial charge in [-0.3, -0.25) is 9.36 Å². The maximum atomic E-state index is 14.7. The number of esters is 1. The van der Waals surface area contributed by atoms with E-state index in [2.05, 4.69) is 10.1 Å². The van der Waals surface area contributed by atoms with Crippen LogP contribution in [0.4, 0.5) is 14.6 Å². The minimum absolute atomic E-state index is 0.143. The van der Waals surface area contributed by atoms with Crippen molar-refractivity contribution in [2.24, 2.45) is 0 Å². The van der Waals surface area contributed by atoms with Crippen molar-refractivity contribution in [1.29, 1.82) is 0 Å². The molecule has 16 heteroatoms. The number of aliphatic hydroxyl groups is 2. The van der Waals surface area contributed by atoms with Crippen LogP contribution in [0.25, 0.3) is 10.8 Å². The summed E-state index contributed by atoms with van der Waals surface area (Å²) in [4.78, 5) is 28.4. The van der Waals surface area contributed by atoms with Crippen molar-refractivity contribution in [3.05, 3.63) is 65.2 Å². The lowest BCUT2D eigenvalue weighted by molar-refractivity contribution is -0.192. The fourth-order valence-corrected chi connectivity index (χ4v) is 6.74. The highest BCUT2D eigenvalue weighted by Gasteiger charge is 2.61. The second-order valence-electron chi connectivity index (χ2n) is 9.92. The van der Waals surface area contributed by atoms with Gasteiger partial charge in [0.25, 0.3) is 6.43 Å². The maximum absolute atomic E-state index is 14.7. The highest BCUT2D eigenvalue weighted by atomic mass is 32.5. The summed E-state index contributed by atoms with van der Waals surface area (Å²) in [6.45, 7) is -0.269. The Hall–Kier alpha value is -3.04. The zero-order chi connectivity index (χ0) is 30.8. The SMILES string of the molecule is CC(C)OC(=O)C(C)NP(=S)(OCC1(C(F)F)OC(n2ccc(N)nc2=O)C(O)C1O)Oc1cccc2ccccc12. The molecular weight excluding hydrogens is 597 g/mol. The van der Waals surface area contributed by atoms with E-state index in [1.807, 2.05) is 18.2 Å². The Kier molecular flexibility index (Phi) is 9.62. The largest absolute Gasteiger partial charge is 0.462 e. The fraction of sp³-hybridized carbons (Fsp3) is 0.423. The molecule has 0 spiro atoms. The number of carbonyl (C=O) groups excluding carboxylic acids is 1. The molecule has 6 unspecified atom stereocenters. The van der Waals surface area contributed by atoms with Gasteiger partial charge in [0.15, 0.2) is 11.8 Å². The van der Waals surface area contributed by atoms with Gasteiger partial charge in [0.2, 0.25) is 0 Å². The number of hydrogen-bond donors (Lipinski definition) is 4. The molecule has 0 bridgehead atoms. The molecule has 1 aliphatic heterocycles. The molecule has 1 saturated heterocycles. The Morgan fingerprint density at radius 3 is 2.57 bits per heavy atom. The molecule has 1 aliphatic rings. The predicted octanol–water partition coefficient (Wildman–Crippen LogP) is 2.48. The number of nitrogen functional groups attached to an aromatic ring is 1. The van der Waals surface area contributed by atoms with E-state index in [0.717, 1.165) is 16.2 Å². The zero-order valence-corrected chi connectivity index (χ0v) is 24.5. The molecule has 5 N–H and O–H groups in total. The number of halogens is 2. The minimum Gasteiger partial charge on any atom is -0.462 e. The maximum Gasteiger partial charge on any atom is 0.351 e. The summed E-state index contributed by atoms with van der Waals surface area (Å²) >= 11 is 5.68. The lowest BCUT2D eigenvalue weighted by Gasteiger charge is -2.34. The standard InChI is InChI=1S/C26H31F2N4O8PS/c1-14(2)38-23(35)15(3)31-41(42,40-18-10-6-8-16-7-4-5-9-17(16)18)37-13-26(24(27)28)21(34)20(33)22(39-26)32-12-11-19(29)30-25(32)36/h4-12,14-15,20-22,24,33-34H,13H2,1-3H3,(H,31,42)(H2,29,30,36). The van der Waals surface area contributed by atoms with Crippen molar-refractivity contribution in [3.63, 3.8) is 0 Å². The summed E-state index contributed by atoms with van der Waals surface area (Å²) in [5.41, 5.74) is 1.63. The van der Waals surface area contributed by atoms with Gasteiger partial charge in [-0.05, 0) is 50.1 Å². The number of hydrogen-bond acceptors (Lipinski definition) is 11. The van der Waals surface area contributed by atoms with Crippen LogP contribution in [0.1, 0.15) is 27.0 Å². The number of alkyl halides is 2. The van der Waals surface area contributed by atoms with Gasteiger partial charge in [0.1, 0.15) is 29.8 Å². The monoisotopic (exact) mass is 628 g/mol. The van der Waals surface area contributed by atoms with Crippen LogP contribution in [-0.4, -0.2) is 68.7 Å². The fourth-order valence-electron chi connectivity index (χ4n) is 4.32. The van der Waals surface area contributed by atoms with Crippen molar-refractivity contribution < 1.29 is 42.3 Å². The molecule has 6 atom stereocenters. The van der Waals surface area contributed by atoms with Crippen LogP contribution in [0, 0.1) is 0 Å². The number of rotatable bonds is 11. The van der Waals surface area contributed by atoms with Gasteiger partial charge in [-0.1, -0.05) is 36.4 Å². The first kappa shape index (κ1) is 31.9. The Morgan fingerprint density at radius 1 is 1.21 bits per heavy atom. The zero-order valence-electron chi connectivity index (χ0n) is 22.8. The Bertz CT molecular complexity index is 1540. The van der Waals surface area contributed by atoms with E-state index in [9.17, 15) is 28.6 Å². The number of nitrogens with one attached hydrogen (secondary N) is 1. The first-order valence-corrected chi connectivity index (χ1v) is 15.5. The lowest BCUT2D eigenvalue weighted by Crippen LogP contribution is -2.53. The molecule has 3 aromatic rings. The molecule has 12 nitrogen and oxygen atoms in total. The second kappa shape index (κ2) is 12.7. The van der Waals surface area contributed by atoms with E-state index in [-0.39, 0.29) is 11.6 Å². The molecule has 1 fully saturated rings. The number of carbonyl (C=O) groups is 1. The van der Waals surface area contributed by atoms with E-state index >= 15 is 0 Å². The van der Waals surface area contributed by atoms with Crippen molar-refractivity contribution in [2.75, 3.05) is 12.3 Å². The van der Waals surface area contributed by atoms with E-state index in [1.54, 1.807) is 38.1 Å². The third kappa shape index (κ3) is 6.62. The number of fused-ring (bicyclic) bond motifs is 1. The third-order valence-corrected chi connectivity index (χ3v) is 8.90. The van der Waals surface area contributed by atoms with Crippen LogP contribution < -0.4 is 21.0 Å². The van der Waals surface area contributed by atoms with E-state index in [4.69, 9.17) is 36.1 Å². The lowest BCUT2D eigenvalue weighted by atomic mass is 9.96. The Balaban J connectivity index is 1.67. The van der Waals surface area contributed by atoms with Crippen LogP contribution in [0.15, 0.2) is 59.5 Å². The van der Waals surface area contributed by atoms with Crippen LogP contribution in [0.3, 0.4) is 0 Å². The van der Waals surface area contributed by atoms with Crippen molar-refractivity contribution >= 4 is 41.0 Å². The van der Waals surface area contributed by atoms with Gasteiger partial charge < -0.3 is 34.5 Å². The molecule has 0 aliphatic carbocycles. The van der Waals surface area contributed by atoms with E-state index in [1.165, 1.54) is 13.0 Å². The molecule has 0 saturated carbocycles. The summed E-state index contributed by atoms with van der Waals surface area (Å²) in [6.07, 6.45) is -8.79. The molecule has 1 aromatic heterocycles. The third-order valence-electron chi connectivity index (χ3n) is 6.44. The molecule has 4 rings (SSSR count). The van der Waals surface area contributed by atoms with Crippen LogP contribution >= 0.6 is 6.64 Å². The quantitative estimate of drug-likeness (QED) is 0.181. The van der Waals surface area contributed by atoms with Gasteiger partial charge in [0.05, 0.1) is 12.7 Å². The number of aromatic nitrogens is 2. The number of ether oxygens (including phenoxy) is 2. The van der Waals surface area contributed by atoms with E-state index < -0.39 is 67.5 Å². The number of nitrogens with zero attached hydrogens (tertiary/aromatic N) is 2. The predicted molar refractivity (Wildman–Crippen MR) is 152 cm³/mol. The number of benzene rings is 2. The summed E-state index contributed by atoms with van der Waals surface area (Å²) < 4.78 is 52.6. The van der Waals surface area contributed by atoms with Gasteiger partial charge in [-0.15, -0.1) is 0 Å². The van der Waals surface area contributed by atoms with Crippen LogP contribution in [0.5, 0.6) is 5.75 Å². The number of nitrogens with two attached hydrogens (primary N) is 1. The molecule has 0 radical (unpaired) electrons. The molecule has 2 aromatic carbocycles. The number of aliphatic hydroxyl groups excluding tert-OH is 2. The highest BCUT2D eigenvalue weighted by molar-refractivity contribution is 8.09. The molecule has 2 heterocycles. The smallest absolute Gasteiger partial charge is 0.351 e. The summed E-state index contributed by atoms with van der Waals surface area (Å²) in [6, 6.07) is 12.4. The molecular formula is C26H31F2N4O8PS. The van der Waals surface area contributed by atoms with Crippen LogP contribution in [-0.2, 0) is 30.6 Å². The molecule has 0 amide bonds. The highest BCUT2D eigenvalue weighted by Crippen LogP contribution is 2.50. The topological polar surface area (TPSA) is 167 Å². The first-order chi connectivity index (χ1) is 19.8. The van der Waals surface area contributed by atoms with Crippen molar-refractivity contribution in [2.45, 2.75) is 63.4 Å². The Labute approximate surface area is 244 Å². The Morgan fingerprint density at radius 2 is 1.90 bits per heavy atom. The van der Waals surface area contributed by atoms with E-state index in [0.29, 0.717) is 5.39 Å². The van der Waals surface area contributed by atoms with Crippen molar-refractivity contribution in [1.82, 2.24) is 14.6 Å². The normalized spacial score (nSPS) is 24.5. The molecule has 228 valence electrons. The van der Waals surface area contributed by atoms with Gasteiger partial charge in [0, 0.05) is 11.6 Å². The molecule has 42 heavy (non-hydrogen) atoms. The average molecular weight is 629 g/mol. The summed E-state index contributed by atoms with van der Waals surface area (Å²) in [5, 5.41) is 25.6. The summed E-state index contributed by atoms with van der Waals surface area (Å²) in [5.74, 6) is -0.601. The van der Waals surface area contributed by atoms with Gasteiger partial charge in [-0.25, -0.2) is 18.7 Å². The number of anilines is 1. The van der Waals surface area contributed by atoms with Gasteiger partial charge >= 0.3 is 18.3 Å².